The van der Waals surface area contributed by atoms with Crippen LogP contribution >= 0.6 is 11.3 Å². The maximum atomic E-state index is 6.16. The van der Waals surface area contributed by atoms with Crippen LogP contribution in [0, 0.1) is 13.8 Å². The van der Waals surface area contributed by atoms with E-state index in [4.69, 9.17) is 5.73 Å². The minimum Gasteiger partial charge on any atom is -0.318 e. The third kappa shape index (κ3) is 2.01. The summed E-state index contributed by atoms with van der Waals surface area (Å²) in [7, 11) is 0. The van der Waals surface area contributed by atoms with Gasteiger partial charge in [-0.05, 0) is 20.8 Å². The first-order valence-corrected chi connectivity index (χ1v) is 6.15. The Morgan fingerprint density at radius 1 is 1.50 bits per heavy atom. The summed E-state index contributed by atoms with van der Waals surface area (Å²) in [5.74, 6) is 0. The van der Waals surface area contributed by atoms with Gasteiger partial charge in [0.1, 0.15) is 5.01 Å². The Morgan fingerprint density at radius 2 is 2.25 bits per heavy atom. The lowest BCUT2D eigenvalue weighted by Gasteiger charge is -2.04. The van der Waals surface area contributed by atoms with Crippen molar-refractivity contribution in [1.29, 1.82) is 0 Å². The Bertz CT molecular complexity index is 466. The lowest BCUT2D eigenvalue weighted by Crippen LogP contribution is -2.10. The molecular formula is C11H16N4S. The van der Waals surface area contributed by atoms with E-state index in [0.717, 1.165) is 22.8 Å². The molecule has 0 saturated carbocycles. The van der Waals surface area contributed by atoms with Crippen LogP contribution in [0.1, 0.15) is 34.1 Å². The van der Waals surface area contributed by atoms with Crippen molar-refractivity contribution in [3.8, 4) is 0 Å². The summed E-state index contributed by atoms with van der Waals surface area (Å²) in [5, 5.41) is 5.19. The van der Waals surface area contributed by atoms with E-state index >= 15 is 0 Å². The molecule has 1 atom stereocenters. The van der Waals surface area contributed by atoms with Gasteiger partial charge in [-0.25, -0.2) is 4.98 Å². The highest BCUT2D eigenvalue weighted by Crippen LogP contribution is 2.25. The molecule has 2 rings (SSSR count). The monoisotopic (exact) mass is 236 g/mol. The van der Waals surface area contributed by atoms with Crippen LogP contribution < -0.4 is 5.73 Å². The van der Waals surface area contributed by atoms with E-state index < -0.39 is 0 Å². The summed E-state index contributed by atoms with van der Waals surface area (Å²) >= 11 is 1.66. The van der Waals surface area contributed by atoms with Crippen molar-refractivity contribution in [2.75, 3.05) is 0 Å². The van der Waals surface area contributed by atoms with E-state index in [1.54, 1.807) is 11.3 Å². The van der Waals surface area contributed by atoms with E-state index in [0.29, 0.717) is 0 Å². The standard InChI is InChI=1S/C11H16N4S/c1-4-15-6-9(5-13-15)10(12)11-14-7(2)8(3)16-11/h5-6,10H,4,12H2,1-3H3. The molecule has 0 saturated heterocycles. The molecule has 0 amide bonds. The highest BCUT2D eigenvalue weighted by atomic mass is 32.1. The topological polar surface area (TPSA) is 56.7 Å². The van der Waals surface area contributed by atoms with Gasteiger partial charge in [0.2, 0.25) is 0 Å². The van der Waals surface area contributed by atoms with Gasteiger partial charge in [0.25, 0.3) is 0 Å². The fourth-order valence-corrected chi connectivity index (χ4v) is 2.44. The van der Waals surface area contributed by atoms with Crippen LogP contribution in [-0.2, 0) is 6.54 Å². The molecule has 16 heavy (non-hydrogen) atoms. The molecule has 5 heteroatoms. The third-order valence-corrected chi connectivity index (χ3v) is 3.80. The first-order valence-electron chi connectivity index (χ1n) is 5.33. The van der Waals surface area contributed by atoms with Crippen LogP contribution in [0.2, 0.25) is 0 Å². The van der Waals surface area contributed by atoms with Crippen LogP contribution in [0.3, 0.4) is 0 Å². The van der Waals surface area contributed by atoms with Crippen molar-refractivity contribution in [1.82, 2.24) is 14.8 Å². The molecule has 0 aliphatic carbocycles. The van der Waals surface area contributed by atoms with Crippen LogP contribution in [0.5, 0.6) is 0 Å². The molecule has 2 heterocycles. The molecule has 0 bridgehead atoms. The smallest absolute Gasteiger partial charge is 0.115 e. The maximum absolute atomic E-state index is 6.16. The van der Waals surface area contributed by atoms with E-state index in [1.807, 2.05) is 24.0 Å². The van der Waals surface area contributed by atoms with Gasteiger partial charge in [0.05, 0.1) is 17.9 Å². The fraction of sp³-hybridized carbons (Fsp3) is 0.455. The Hall–Kier alpha value is -1.20. The van der Waals surface area contributed by atoms with Gasteiger partial charge < -0.3 is 5.73 Å². The highest BCUT2D eigenvalue weighted by Gasteiger charge is 2.15. The van der Waals surface area contributed by atoms with Crippen LogP contribution in [-0.4, -0.2) is 14.8 Å². The Morgan fingerprint density at radius 3 is 2.75 bits per heavy atom. The summed E-state index contributed by atoms with van der Waals surface area (Å²) in [4.78, 5) is 5.71. The van der Waals surface area contributed by atoms with Gasteiger partial charge in [-0.2, -0.15) is 5.10 Å². The van der Waals surface area contributed by atoms with Gasteiger partial charge in [0, 0.05) is 23.2 Å². The zero-order chi connectivity index (χ0) is 11.7. The number of nitrogens with two attached hydrogens (primary N) is 1. The van der Waals surface area contributed by atoms with Crippen molar-refractivity contribution in [2.45, 2.75) is 33.4 Å². The number of hydrogen-bond donors (Lipinski definition) is 1. The number of nitrogens with zero attached hydrogens (tertiary/aromatic N) is 3. The Balaban J connectivity index is 2.27. The normalized spacial score (nSPS) is 13.0. The Labute approximate surface area is 99.1 Å². The second-order valence-corrected chi connectivity index (χ2v) is 5.04. The van der Waals surface area contributed by atoms with Gasteiger partial charge in [-0.3, -0.25) is 4.68 Å². The van der Waals surface area contributed by atoms with Gasteiger partial charge >= 0.3 is 0 Å². The Kier molecular flexibility index (Phi) is 3.07. The quantitative estimate of drug-likeness (QED) is 0.887. The molecule has 2 aromatic heterocycles. The van der Waals surface area contributed by atoms with Crippen molar-refractivity contribution in [2.24, 2.45) is 5.73 Å². The number of hydrogen-bond acceptors (Lipinski definition) is 4. The molecule has 2 aromatic rings. The van der Waals surface area contributed by atoms with Crippen LogP contribution in [0.15, 0.2) is 12.4 Å². The lowest BCUT2D eigenvalue weighted by molar-refractivity contribution is 0.658. The van der Waals surface area contributed by atoms with Crippen LogP contribution in [0.25, 0.3) is 0 Å². The summed E-state index contributed by atoms with van der Waals surface area (Å²) in [5.41, 5.74) is 8.25. The molecule has 0 aliphatic heterocycles. The molecule has 0 radical (unpaired) electrons. The summed E-state index contributed by atoms with van der Waals surface area (Å²) in [6.45, 7) is 7.00. The number of aryl methyl sites for hydroxylation is 3. The lowest BCUT2D eigenvalue weighted by atomic mass is 10.2. The van der Waals surface area contributed by atoms with Gasteiger partial charge in [0.15, 0.2) is 0 Å². The number of rotatable bonds is 3. The van der Waals surface area contributed by atoms with Gasteiger partial charge in [-0.15, -0.1) is 11.3 Å². The van der Waals surface area contributed by atoms with E-state index in [1.165, 1.54) is 4.88 Å². The van der Waals surface area contributed by atoms with E-state index in [9.17, 15) is 0 Å². The average molecular weight is 236 g/mol. The first-order chi connectivity index (χ1) is 7.61. The molecule has 0 spiro atoms. The third-order valence-electron chi connectivity index (χ3n) is 2.65. The zero-order valence-electron chi connectivity index (χ0n) is 9.77. The molecule has 86 valence electrons. The summed E-state index contributed by atoms with van der Waals surface area (Å²) in [6, 6.07) is -0.155. The van der Waals surface area contributed by atoms with E-state index in [-0.39, 0.29) is 6.04 Å². The SMILES string of the molecule is CCn1cc(C(N)c2nc(C)c(C)s2)cn1. The molecule has 0 aromatic carbocycles. The van der Waals surface area contributed by atoms with Crippen molar-refractivity contribution in [3.63, 3.8) is 0 Å². The average Bonchev–Trinajstić information content (AvgIpc) is 2.86. The number of thiazole rings is 1. The molecule has 2 N–H and O–H groups in total. The van der Waals surface area contributed by atoms with Crippen molar-refractivity contribution >= 4 is 11.3 Å². The van der Waals surface area contributed by atoms with Crippen molar-refractivity contribution in [3.05, 3.63) is 33.5 Å². The second kappa shape index (κ2) is 4.35. The van der Waals surface area contributed by atoms with E-state index in [2.05, 4.69) is 23.9 Å². The first kappa shape index (κ1) is 11.3. The molecule has 1 unspecified atom stereocenters. The molecular weight excluding hydrogens is 220 g/mol. The fourth-order valence-electron chi connectivity index (χ4n) is 1.49. The minimum absolute atomic E-state index is 0.155. The second-order valence-electron chi connectivity index (χ2n) is 3.80. The predicted octanol–water partition coefficient (Wildman–Crippen LogP) is 2.02. The molecule has 0 fully saturated rings. The largest absolute Gasteiger partial charge is 0.318 e. The maximum Gasteiger partial charge on any atom is 0.115 e. The zero-order valence-corrected chi connectivity index (χ0v) is 10.6. The van der Waals surface area contributed by atoms with Gasteiger partial charge in [-0.1, -0.05) is 0 Å². The molecule has 4 nitrogen and oxygen atoms in total. The van der Waals surface area contributed by atoms with Crippen LogP contribution in [0.4, 0.5) is 0 Å². The predicted molar refractivity (Wildman–Crippen MR) is 65.5 cm³/mol. The molecule has 0 aliphatic rings. The van der Waals surface area contributed by atoms with Crippen molar-refractivity contribution < 1.29 is 0 Å². The summed E-state index contributed by atoms with van der Waals surface area (Å²) < 4.78 is 1.88. The number of aromatic nitrogens is 3. The minimum atomic E-state index is -0.155. The summed E-state index contributed by atoms with van der Waals surface area (Å²) in [6.07, 6.45) is 3.80. The highest BCUT2D eigenvalue weighted by molar-refractivity contribution is 7.11.